The minimum atomic E-state index is -0.0984. The number of hydrogen-bond acceptors (Lipinski definition) is 2. The van der Waals surface area contributed by atoms with Crippen molar-refractivity contribution in [3.05, 3.63) is 175 Å². The first-order valence-corrected chi connectivity index (χ1v) is 17.0. The molecule has 0 unspecified atom stereocenters. The van der Waals surface area contributed by atoms with Crippen LogP contribution in [0.15, 0.2) is 168 Å². The molecule has 0 N–H and O–H groups in total. The molecule has 2 nitrogen and oxygen atoms in total. The number of benzene rings is 8. The van der Waals surface area contributed by atoms with Crippen LogP contribution in [-0.2, 0) is 5.41 Å². The van der Waals surface area contributed by atoms with Crippen molar-refractivity contribution < 1.29 is 4.42 Å². The lowest BCUT2D eigenvalue weighted by atomic mass is 9.82. The highest BCUT2D eigenvalue weighted by Crippen LogP contribution is 2.54. The minimum absolute atomic E-state index is 0.0984. The van der Waals surface area contributed by atoms with Crippen molar-refractivity contribution in [2.45, 2.75) is 19.3 Å². The van der Waals surface area contributed by atoms with E-state index in [1.165, 1.54) is 60.6 Å². The number of fused-ring (bicyclic) bond motifs is 9. The summed E-state index contributed by atoms with van der Waals surface area (Å²) in [6, 6.07) is 59.6. The number of hydrogen-bond donors (Lipinski definition) is 0. The molecule has 0 aliphatic heterocycles. The van der Waals surface area contributed by atoms with Gasteiger partial charge < -0.3 is 9.32 Å². The van der Waals surface area contributed by atoms with E-state index in [1.54, 1.807) is 0 Å². The maximum Gasteiger partial charge on any atom is 0.136 e. The zero-order valence-corrected chi connectivity index (χ0v) is 27.4. The Balaban J connectivity index is 1.20. The molecule has 0 fully saturated rings. The molecule has 8 aromatic carbocycles. The van der Waals surface area contributed by atoms with Gasteiger partial charge in [0.1, 0.15) is 11.2 Å². The maximum atomic E-state index is 6.32. The van der Waals surface area contributed by atoms with Crippen molar-refractivity contribution in [2.75, 3.05) is 4.90 Å². The lowest BCUT2D eigenvalue weighted by Gasteiger charge is -2.29. The monoisotopic (exact) mass is 627 g/mol. The molecular formula is C47H33NO. The first-order chi connectivity index (χ1) is 24.0. The van der Waals surface area contributed by atoms with Gasteiger partial charge in [-0.1, -0.05) is 129 Å². The van der Waals surface area contributed by atoms with Gasteiger partial charge in [-0.3, -0.25) is 0 Å². The smallest absolute Gasteiger partial charge is 0.136 e. The molecule has 232 valence electrons. The van der Waals surface area contributed by atoms with Gasteiger partial charge in [0.05, 0.1) is 5.69 Å². The average Bonchev–Trinajstić information content (AvgIpc) is 3.65. The third-order valence-electron chi connectivity index (χ3n) is 10.6. The number of para-hydroxylation sites is 1. The summed E-state index contributed by atoms with van der Waals surface area (Å²) >= 11 is 0. The van der Waals surface area contributed by atoms with Crippen LogP contribution in [-0.4, -0.2) is 0 Å². The molecular weight excluding hydrogens is 595 g/mol. The summed E-state index contributed by atoms with van der Waals surface area (Å²) in [6.07, 6.45) is 0. The second-order valence-corrected chi connectivity index (χ2v) is 13.8. The Kier molecular flexibility index (Phi) is 5.95. The standard InChI is InChI=1S/C47H33NO/c1-47(2)40-14-7-5-12-37(40)46-41(47)15-9-16-42(46)48(35-24-20-31(21-25-35)34-19-18-30-10-3-4-11-33(30)28-34)36-26-22-32-23-27-44-45(39(32)29-36)38-13-6-8-17-43(38)49-44/h3-29H,1-2H3. The quantitative estimate of drug-likeness (QED) is 0.193. The van der Waals surface area contributed by atoms with Gasteiger partial charge >= 0.3 is 0 Å². The van der Waals surface area contributed by atoms with E-state index < -0.39 is 0 Å². The molecule has 0 bridgehead atoms. The molecule has 49 heavy (non-hydrogen) atoms. The van der Waals surface area contributed by atoms with Crippen molar-refractivity contribution >= 4 is 60.5 Å². The molecule has 1 heterocycles. The van der Waals surface area contributed by atoms with Gasteiger partial charge in [-0.25, -0.2) is 0 Å². The molecule has 0 radical (unpaired) electrons. The molecule has 0 amide bonds. The van der Waals surface area contributed by atoms with Gasteiger partial charge in [-0.15, -0.1) is 0 Å². The molecule has 1 aliphatic carbocycles. The number of rotatable bonds is 4. The van der Waals surface area contributed by atoms with Crippen LogP contribution in [0.2, 0.25) is 0 Å². The van der Waals surface area contributed by atoms with Crippen molar-refractivity contribution in [1.29, 1.82) is 0 Å². The highest BCUT2D eigenvalue weighted by atomic mass is 16.3. The Morgan fingerprint density at radius 3 is 2.06 bits per heavy atom. The van der Waals surface area contributed by atoms with Crippen LogP contribution in [0.3, 0.4) is 0 Å². The summed E-state index contributed by atoms with van der Waals surface area (Å²) < 4.78 is 6.32. The van der Waals surface area contributed by atoms with E-state index in [0.717, 1.165) is 33.3 Å². The largest absolute Gasteiger partial charge is 0.456 e. The summed E-state index contributed by atoms with van der Waals surface area (Å²) in [5.74, 6) is 0. The first kappa shape index (κ1) is 27.9. The van der Waals surface area contributed by atoms with E-state index in [2.05, 4.69) is 176 Å². The molecule has 10 rings (SSSR count). The SMILES string of the molecule is CC1(C)c2ccccc2-c2c(N(c3ccc(-c4ccc5ccccc5c4)cc3)c3ccc4ccc5oc6ccccc6c5c4c3)cccc21. The van der Waals surface area contributed by atoms with E-state index in [-0.39, 0.29) is 5.41 Å². The van der Waals surface area contributed by atoms with Crippen molar-refractivity contribution in [1.82, 2.24) is 0 Å². The maximum absolute atomic E-state index is 6.32. The first-order valence-electron chi connectivity index (χ1n) is 17.0. The Morgan fingerprint density at radius 2 is 1.16 bits per heavy atom. The van der Waals surface area contributed by atoms with E-state index in [1.807, 2.05) is 6.07 Å². The Hall–Kier alpha value is -6.12. The number of nitrogens with zero attached hydrogens (tertiary/aromatic N) is 1. The van der Waals surface area contributed by atoms with Crippen LogP contribution >= 0.6 is 0 Å². The van der Waals surface area contributed by atoms with Gasteiger partial charge in [0.25, 0.3) is 0 Å². The van der Waals surface area contributed by atoms with E-state index in [0.29, 0.717) is 0 Å². The molecule has 0 saturated carbocycles. The van der Waals surface area contributed by atoms with Crippen molar-refractivity contribution in [3.63, 3.8) is 0 Å². The van der Waals surface area contributed by atoms with Gasteiger partial charge in [-0.2, -0.15) is 0 Å². The topological polar surface area (TPSA) is 16.4 Å². The van der Waals surface area contributed by atoms with E-state index in [9.17, 15) is 0 Å². The van der Waals surface area contributed by atoms with E-state index >= 15 is 0 Å². The minimum Gasteiger partial charge on any atom is -0.456 e. The second kappa shape index (κ2) is 10.4. The van der Waals surface area contributed by atoms with Crippen LogP contribution in [0.25, 0.3) is 65.7 Å². The van der Waals surface area contributed by atoms with Crippen LogP contribution in [0, 0.1) is 0 Å². The van der Waals surface area contributed by atoms with Gasteiger partial charge in [0.15, 0.2) is 0 Å². The number of anilines is 3. The second-order valence-electron chi connectivity index (χ2n) is 13.8. The van der Waals surface area contributed by atoms with Gasteiger partial charge in [0, 0.05) is 33.1 Å². The van der Waals surface area contributed by atoms with Crippen LogP contribution < -0.4 is 4.90 Å². The lowest BCUT2D eigenvalue weighted by molar-refractivity contribution is 0.660. The predicted molar refractivity (Wildman–Crippen MR) is 206 cm³/mol. The van der Waals surface area contributed by atoms with Crippen LogP contribution in [0.5, 0.6) is 0 Å². The molecule has 1 aromatic heterocycles. The van der Waals surface area contributed by atoms with Gasteiger partial charge in [0.2, 0.25) is 0 Å². The highest BCUT2D eigenvalue weighted by Gasteiger charge is 2.37. The highest BCUT2D eigenvalue weighted by molar-refractivity contribution is 6.19. The van der Waals surface area contributed by atoms with Crippen molar-refractivity contribution in [2.24, 2.45) is 0 Å². The van der Waals surface area contributed by atoms with Gasteiger partial charge in [-0.05, 0) is 97.9 Å². The fourth-order valence-electron chi connectivity index (χ4n) is 8.19. The molecule has 1 aliphatic rings. The van der Waals surface area contributed by atoms with Crippen LogP contribution in [0.1, 0.15) is 25.0 Å². The predicted octanol–water partition coefficient (Wildman–Crippen LogP) is 13.3. The molecule has 9 aromatic rings. The van der Waals surface area contributed by atoms with Crippen molar-refractivity contribution in [3.8, 4) is 22.3 Å². The fraction of sp³-hybridized carbons (Fsp3) is 0.0638. The Morgan fingerprint density at radius 1 is 0.469 bits per heavy atom. The molecule has 0 atom stereocenters. The number of furan rings is 1. The van der Waals surface area contributed by atoms with Crippen LogP contribution in [0.4, 0.5) is 17.1 Å². The summed E-state index contributed by atoms with van der Waals surface area (Å²) in [4.78, 5) is 2.45. The third kappa shape index (κ3) is 4.20. The molecule has 2 heteroatoms. The molecule has 0 spiro atoms. The zero-order valence-electron chi connectivity index (χ0n) is 27.4. The summed E-state index contributed by atoms with van der Waals surface area (Å²) in [5, 5.41) is 7.19. The summed E-state index contributed by atoms with van der Waals surface area (Å²) in [5.41, 5.74) is 12.9. The average molecular weight is 628 g/mol. The fourth-order valence-corrected chi connectivity index (χ4v) is 8.19. The Bertz CT molecular complexity index is 2750. The third-order valence-corrected chi connectivity index (χ3v) is 10.6. The summed E-state index contributed by atoms with van der Waals surface area (Å²) in [6.45, 7) is 4.70. The zero-order chi connectivity index (χ0) is 32.7. The Labute approximate surface area is 285 Å². The molecule has 0 saturated heterocycles. The summed E-state index contributed by atoms with van der Waals surface area (Å²) in [7, 11) is 0. The van der Waals surface area contributed by atoms with E-state index in [4.69, 9.17) is 4.42 Å². The normalized spacial score (nSPS) is 13.3. The lowest BCUT2D eigenvalue weighted by Crippen LogP contribution is -2.16.